The SMILES string of the molecule is COCc1cc(N2CCN(c3ccc(OC)cc3)CC2)nc(SCc2ccc(C(=O)NCC(C)C)cc2)n1. The lowest BCUT2D eigenvalue weighted by Gasteiger charge is -2.37. The molecule has 2 heterocycles. The Balaban J connectivity index is 1.38. The summed E-state index contributed by atoms with van der Waals surface area (Å²) in [5, 5.41) is 3.69. The lowest BCUT2D eigenvalue weighted by Crippen LogP contribution is -2.46. The Bertz CT molecular complexity index is 1180. The normalized spacial score (nSPS) is 13.6. The van der Waals surface area contributed by atoms with Crippen LogP contribution in [0.25, 0.3) is 0 Å². The van der Waals surface area contributed by atoms with Crippen molar-refractivity contribution in [3.8, 4) is 5.75 Å². The number of nitrogens with zero attached hydrogens (tertiary/aromatic N) is 4. The first-order valence-corrected chi connectivity index (χ1v) is 13.9. The maximum atomic E-state index is 12.3. The van der Waals surface area contributed by atoms with Crippen molar-refractivity contribution in [3.05, 3.63) is 71.4 Å². The maximum absolute atomic E-state index is 12.3. The summed E-state index contributed by atoms with van der Waals surface area (Å²) in [6.45, 7) is 8.85. The van der Waals surface area contributed by atoms with Crippen LogP contribution in [0, 0.1) is 5.92 Å². The average Bonchev–Trinajstić information content (AvgIpc) is 2.95. The summed E-state index contributed by atoms with van der Waals surface area (Å²) in [5.41, 5.74) is 3.86. The quantitative estimate of drug-likeness (QED) is 0.281. The number of nitrogens with one attached hydrogen (secondary N) is 1. The third-order valence-corrected chi connectivity index (χ3v) is 7.25. The van der Waals surface area contributed by atoms with Gasteiger partial charge >= 0.3 is 0 Å². The van der Waals surface area contributed by atoms with E-state index < -0.39 is 0 Å². The number of aromatic nitrogens is 2. The van der Waals surface area contributed by atoms with E-state index in [1.165, 1.54) is 5.69 Å². The van der Waals surface area contributed by atoms with Crippen LogP contribution in [0.2, 0.25) is 0 Å². The Hall–Kier alpha value is -3.30. The van der Waals surface area contributed by atoms with Crippen molar-refractivity contribution < 1.29 is 14.3 Å². The Morgan fingerprint density at radius 2 is 1.66 bits per heavy atom. The predicted molar refractivity (Wildman–Crippen MR) is 153 cm³/mol. The van der Waals surface area contributed by atoms with Crippen molar-refractivity contribution in [1.82, 2.24) is 15.3 Å². The van der Waals surface area contributed by atoms with Gasteiger partial charge in [0.2, 0.25) is 0 Å². The minimum absolute atomic E-state index is 0.0368. The van der Waals surface area contributed by atoms with Crippen LogP contribution < -0.4 is 19.9 Å². The summed E-state index contributed by atoms with van der Waals surface area (Å²) in [4.78, 5) is 26.6. The molecule has 0 atom stereocenters. The Kier molecular flexibility index (Phi) is 9.84. The molecule has 1 aliphatic rings. The molecule has 0 spiro atoms. The number of thioether (sulfide) groups is 1. The monoisotopic (exact) mass is 535 g/mol. The van der Waals surface area contributed by atoms with E-state index in [1.807, 2.05) is 42.5 Å². The van der Waals surface area contributed by atoms with Gasteiger partial charge in [-0.3, -0.25) is 4.79 Å². The first kappa shape index (κ1) is 27.7. The van der Waals surface area contributed by atoms with E-state index in [1.54, 1.807) is 26.0 Å². The lowest BCUT2D eigenvalue weighted by atomic mass is 10.1. The molecule has 0 aliphatic carbocycles. The van der Waals surface area contributed by atoms with Gasteiger partial charge in [-0.15, -0.1) is 0 Å². The molecular formula is C29H37N5O3S. The minimum Gasteiger partial charge on any atom is -0.497 e. The molecule has 1 amide bonds. The first-order valence-electron chi connectivity index (χ1n) is 13.0. The van der Waals surface area contributed by atoms with Gasteiger partial charge in [-0.2, -0.15) is 0 Å². The third kappa shape index (κ3) is 7.61. The zero-order valence-electron chi connectivity index (χ0n) is 22.6. The van der Waals surface area contributed by atoms with Crippen LogP contribution >= 0.6 is 11.8 Å². The number of ether oxygens (including phenoxy) is 2. The molecular weight excluding hydrogens is 498 g/mol. The number of hydrogen-bond acceptors (Lipinski definition) is 8. The lowest BCUT2D eigenvalue weighted by molar-refractivity contribution is 0.0949. The van der Waals surface area contributed by atoms with Crippen LogP contribution in [-0.4, -0.2) is 62.8 Å². The van der Waals surface area contributed by atoms with Crippen LogP contribution in [0.3, 0.4) is 0 Å². The van der Waals surface area contributed by atoms with E-state index in [0.29, 0.717) is 24.6 Å². The number of piperazine rings is 1. The highest BCUT2D eigenvalue weighted by molar-refractivity contribution is 7.98. The molecule has 4 rings (SSSR count). The van der Waals surface area contributed by atoms with Gasteiger partial charge < -0.3 is 24.6 Å². The number of rotatable bonds is 11. The standard InChI is InChI=1S/C29H37N5O3S/c1-21(2)18-30-28(35)23-7-5-22(6-8-23)20-38-29-31-24(19-36-3)17-27(32-29)34-15-13-33(14-16-34)25-9-11-26(37-4)12-10-25/h5-12,17,21H,13-16,18-20H2,1-4H3,(H,30,35). The van der Waals surface area contributed by atoms with Gasteiger partial charge in [0.25, 0.3) is 5.91 Å². The molecule has 0 bridgehead atoms. The van der Waals surface area contributed by atoms with Crippen molar-refractivity contribution in [2.75, 3.05) is 56.7 Å². The number of anilines is 2. The summed E-state index contributed by atoms with van der Waals surface area (Å²) in [7, 11) is 3.37. The molecule has 1 saturated heterocycles. The summed E-state index contributed by atoms with van der Waals surface area (Å²) in [5.74, 6) is 2.90. The number of amides is 1. The van der Waals surface area contributed by atoms with Crippen molar-refractivity contribution in [2.45, 2.75) is 31.4 Å². The van der Waals surface area contributed by atoms with E-state index in [2.05, 4.69) is 41.1 Å². The summed E-state index contributed by atoms with van der Waals surface area (Å²) >= 11 is 1.59. The van der Waals surface area contributed by atoms with Crippen molar-refractivity contribution in [3.63, 3.8) is 0 Å². The van der Waals surface area contributed by atoms with Gasteiger partial charge in [0, 0.05) is 62.9 Å². The molecule has 38 heavy (non-hydrogen) atoms. The van der Waals surface area contributed by atoms with Crippen LogP contribution in [-0.2, 0) is 17.1 Å². The number of hydrogen-bond donors (Lipinski definition) is 1. The Morgan fingerprint density at radius 3 is 2.29 bits per heavy atom. The maximum Gasteiger partial charge on any atom is 0.251 e. The second kappa shape index (κ2) is 13.5. The van der Waals surface area contributed by atoms with Crippen LogP contribution in [0.5, 0.6) is 5.75 Å². The molecule has 3 aromatic rings. The van der Waals surface area contributed by atoms with Crippen molar-refractivity contribution in [1.29, 1.82) is 0 Å². The molecule has 0 unspecified atom stereocenters. The topological polar surface area (TPSA) is 79.8 Å². The highest BCUT2D eigenvalue weighted by Gasteiger charge is 2.20. The zero-order valence-corrected chi connectivity index (χ0v) is 23.5. The van der Waals surface area contributed by atoms with Crippen molar-refractivity contribution in [2.24, 2.45) is 5.92 Å². The van der Waals surface area contributed by atoms with Crippen LogP contribution in [0.15, 0.2) is 59.8 Å². The first-order chi connectivity index (χ1) is 18.4. The average molecular weight is 536 g/mol. The second-order valence-corrected chi connectivity index (χ2v) is 10.6. The molecule has 9 heteroatoms. The molecule has 1 aromatic heterocycles. The Labute approximate surface area is 229 Å². The summed E-state index contributed by atoms with van der Waals surface area (Å²) in [6, 6.07) is 18.0. The van der Waals surface area contributed by atoms with E-state index in [9.17, 15) is 4.79 Å². The molecule has 1 aliphatic heterocycles. The van der Waals surface area contributed by atoms with Gasteiger partial charge in [0.05, 0.1) is 19.4 Å². The van der Waals surface area contributed by atoms with E-state index >= 15 is 0 Å². The smallest absolute Gasteiger partial charge is 0.251 e. The minimum atomic E-state index is -0.0368. The Morgan fingerprint density at radius 1 is 0.974 bits per heavy atom. The van der Waals surface area contributed by atoms with Gasteiger partial charge in [0.15, 0.2) is 5.16 Å². The third-order valence-electron chi connectivity index (χ3n) is 6.33. The number of methoxy groups -OCH3 is 2. The second-order valence-electron chi connectivity index (χ2n) is 9.69. The summed E-state index contributed by atoms with van der Waals surface area (Å²) in [6.07, 6.45) is 0. The fraction of sp³-hybridized carbons (Fsp3) is 0.414. The predicted octanol–water partition coefficient (Wildman–Crippen LogP) is 4.64. The number of carbonyl (C=O) groups is 1. The zero-order chi connectivity index (χ0) is 26.9. The fourth-order valence-corrected chi connectivity index (χ4v) is 5.02. The van der Waals surface area contributed by atoms with Crippen LogP contribution in [0.1, 0.15) is 35.5 Å². The molecule has 1 fully saturated rings. The largest absolute Gasteiger partial charge is 0.497 e. The highest BCUT2D eigenvalue weighted by atomic mass is 32.2. The van der Waals surface area contributed by atoms with Crippen molar-refractivity contribution >= 4 is 29.2 Å². The molecule has 0 radical (unpaired) electrons. The molecule has 0 saturated carbocycles. The molecule has 202 valence electrons. The van der Waals surface area contributed by atoms with Gasteiger partial charge in [0.1, 0.15) is 11.6 Å². The van der Waals surface area contributed by atoms with Gasteiger partial charge in [-0.25, -0.2) is 9.97 Å². The number of carbonyl (C=O) groups excluding carboxylic acids is 1. The molecule has 8 nitrogen and oxygen atoms in total. The van der Waals surface area contributed by atoms with Gasteiger partial charge in [-0.05, 0) is 47.9 Å². The van der Waals surface area contributed by atoms with E-state index in [4.69, 9.17) is 19.4 Å². The molecule has 1 N–H and O–H groups in total. The fourth-order valence-electron chi connectivity index (χ4n) is 4.19. The van der Waals surface area contributed by atoms with E-state index in [-0.39, 0.29) is 5.91 Å². The molecule has 2 aromatic carbocycles. The van der Waals surface area contributed by atoms with Crippen LogP contribution in [0.4, 0.5) is 11.5 Å². The van der Waals surface area contributed by atoms with Gasteiger partial charge in [-0.1, -0.05) is 37.7 Å². The van der Waals surface area contributed by atoms with E-state index in [0.717, 1.165) is 59.9 Å². The summed E-state index contributed by atoms with van der Waals surface area (Å²) < 4.78 is 10.7. The highest BCUT2D eigenvalue weighted by Crippen LogP contribution is 2.26. The number of benzene rings is 2.